The van der Waals surface area contributed by atoms with Crippen LogP contribution in [-0.4, -0.2) is 56.3 Å². The zero-order valence-corrected chi connectivity index (χ0v) is 16.3. The number of hydrogen-bond donors (Lipinski definition) is 3. The molecule has 1 aromatic heterocycles. The summed E-state index contributed by atoms with van der Waals surface area (Å²) in [5.41, 5.74) is 1.51. The molecule has 3 N–H and O–H groups in total. The number of aromatic amines is 1. The molecule has 1 fully saturated rings. The molecule has 0 spiro atoms. The van der Waals surface area contributed by atoms with Crippen molar-refractivity contribution in [3.8, 4) is 0 Å². The van der Waals surface area contributed by atoms with Gasteiger partial charge in [-0.1, -0.05) is 15.9 Å². The van der Waals surface area contributed by atoms with Crippen molar-refractivity contribution in [2.24, 2.45) is 0 Å². The summed E-state index contributed by atoms with van der Waals surface area (Å²) in [6, 6.07) is 5.61. The molecule has 1 saturated heterocycles. The van der Waals surface area contributed by atoms with E-state index >= 15 is 0 Å². The lowest BCUT2D eigenvalue weighted by Crippen LogP contribution is -3.14. The van der Waals surface area contributed by atoms with Crippen molar-refractivity contribution in [3.63, 3.8) is 0 Å². The van der Waals surface area contributed by atoms with E-state index in [4.69, 9.17) is 9.47 Å². The largest absolute Gasteiger partial charge is 0.461 e. The van der Waals surface area contributed by atoms with E-state index in [0.29, 0.717) is 12.1 Å². The molecule has 2 aromatic rings. The minimum Gasteiger partial charge on any atom is -0.461 e. The maximum absolute atomic E-state index is 12.5. The Morgan fingerprint density at radius 2 is 2.12 bits per heavy atom. The van der Waals surface area contributed by atoms with E-state index in [1.165, 1.54) is 4.90 Å². The molecule has 0 radical (unpaired) electrons. The van der Waals surface area contributed by atoms with Gasteiger partial charge >= 0.3 is 5.97 Å². The number of amides is 1. The number of quaternary nitrogens is 1. The van der Waals surface area contributed by atoms with Crippen molar-refractivity contribution >= 4 is 44.4 Å². The Morgan fingerprint density at radius 3 is 2.85 bits per heavy atom. The Kier molecular flexibility index (Phi) is 6.29. The molecule has 26 heavy (non-hydrogen) atoms. The summed E-state index contributed by atoms with van der Waals surface area (Å²) >= 11 is 3.43. The number of anilines is 1. The second-order valence-corrected chi connectivity index (χ2v) is 7.11. The molecule has 8 heteroatoms. The maximum Gasteiger partial charge on any atom is 0.356 e. The monoisotopic (exact) mass is 424 g/mol. The van der Waals surface area contributed by atoms with Crippen LogP contribution in [0.25, 0.3) is 10.9 Å². The molecule has 0 aliphatic carbocycles. The molecule has 0 bridgehead atoms. The van der Waals surface area contributed by atoms with E-state index in [9.17, 15) is 9.59 Å². The number of fused-ring (bicyclic) bond motifs is 1. The third kappa shape index (κ3) is 4.44. The molecule has 140 valence electrons. The van der Waals surface area contributed by atoms with Gasteiger partial charge in [-0.15, -0.1) is 0 Å². The van der Waals surface area contributed by atoms with Crippen LogP contribution in [0.4, 0.5) is 5.69 Å². The Hall–Kier alpha value is -1.90. The number of benzene rings is 1. The molecule has 2 heterocycles. The fraction of sp³-hybridized carbons (Fsp3) is 0.444. The highest BCUT2D eigenvalue weighted by atomic mass is 79.9. The number of aromatic nitrogens is 1. The highest BCUT2D eigenvalue weighted by Crippen LogP contribution is 2.31. The van der Waals surface area contributed by atoms with Crippen molar-refractivity contribution in [2.75, 3.05) is 44.8 Å². The number of nitrogens with one attached hydrogen (secondary N) is 3. The maximum atomic E-state index is 12.5. The van der Waals surface area contributed by atoms with Crippen molar-refractivity contribution < 1.29 is 24.0 Å². The summed E-state index contributed by atoms with van der Waals surface area (Å²) in [7, 11) is 0. The first-order valence-electron chi connectivity index (χ1n) is 8.78. The smallest absolute Gasteiger partial charge is 0.356 e. The predicted molar refractivity (Wildman–Crippen MR) is 102 cm³/mol. The lowest BCUT2D eigenvalue weighted by atomic mass is 10.2. The number of morpholine rings is 1. The number of carbonyl (C=O) groups is 2. The normalized spacial score (nSPS) is 15.2. The van der Waals surface area contributed by atoms with Crippen molar-refractivity contribution in [2.45, 2.75) is 13.3 Å². The minimum absolute atomic E-state index is 0.115. The molecule has 7 nitrogen and oxygen atoms in total. The van der Waals surface area contributed by atoms with Gasteiger partial charge in [0.1, 0.15) is 18.8 Å². The Balaban J connectivity index is 1.77. The fourth-order valence-electron chi connectivity index (χ4n) is 3.05. The standard InChI is InChI=1S/C18H22BrN3O4/c1-2-26-18(24)17-16(13-11-12(19)3-4-14(13)20-17)21-15(23)5-6-22-7-9-25-10-8-22/h3-4,11,20H,2,5-10H2,1H3,(H,21,23)/p+1. The first-order chi connectivity index (χ1) is 12.6. The average Bonchev–Trinajstić information content (AvgIpc) is 2.99. The molecule has 1 aliphatic rings. The van der Waals surface area contributed by atoms with Gasteiger partial charge in [-0.2, -0.15) is 0 Å². The summed E-state index contributed by atoms with van der Waals surface area (Å²) in [4.78, 5) is 29.2. The first-order valence-corrected chi connectivity index (χ1v) is 9.57. The Labute approximate surface area is 160 Å². The number of H-pyrrole nitrogens is 1. The zero-order chi connectivity index (χ0) is 18.5. The number of hydrogen-bond acceptors (Lipinski definition) is 4. The number of esters is 1. The van der Waals surface area contributed by atoms with Crippen LogP contribution in [0.3, 0.4) is 0 Å². The van der Waals surface area contributed by atoms with Crippen LogP contribution in [-0.2, 0) is 14.3 Å². The quantitative estimate of drug-likeness (QED) is 0.611. The van der Waals surface area contributed by atoms with Crippen molar-refractivity contribution in [1.82, 2.24) is 4.98 Å². The lowest BCUT2D eigenvalue weighted by molar-refractivity contribution is -0.907. The number of rotatable bonds is 6. The van der Waals surface area contributed by atoms with Gasteiger partial charge in [0.25, 0.3) is 0 Å². The number of ether oxygens (including phenoxy) is 2. The van der Waals surface area contributed by atoms with Gasteiger partial charge in [0.05, 0.1) is 38.5 Å². The third-order valence-electron chi connectivity index (χ3n) is 4.41. The number of halogens is 1. The number of carbonyl (C=O) groups excluding carboxylic acids is 2. The summed E-state index contributed by atoms with van der Waals surface area (Å²) in [5.74, 6) is -0.593. The summed E-state index contributed by atoms with van der Waals surface area (Å²) in [5, 5.41) is 3.68. The van der Waals surface area contributed by atoms with E-state index in [1.54, 1.807) is 6.92 Å². The highest BCUT2D eigenvalue weighted by Gasteiger charge is 2.22. The second-order valence-electron chi connectivity index (χ2n) is 6.20. The van der Waals surface area contributed by atoms with Crippen LogP contribution in [0.2, 0.25) is 0 Å². The van der Waals surface area contributed by atoms with Gasteiger partial charge in [0.2, 0.25) is 5.91 Å². The SMILES string of the molecule is CCOC(=O)c1[nH]c2ccc(Br)cc2c1NC(=O)CC[NH+]1CCOCC1. The predicted octanol–water partition coefficient (Wildman–Crippen LogP) is 1.35. The average molecular weight is 425 g/mol. The van der Waals surface area contributed by atoms with E-state index in [-0.39, 0.29) is 18.2 Å². The van der Waals surface area contributed by atoms with E-state index in [0.717, 1.165) is 48.2 Å². The van der Waals surface area contributed by atoms with Crippen LogP contribution in [0, 0.1) is 0 Å². The highest BCUT2D eigenvalue weighted by molar-refractivity contribution is 9.10. The molecule has 0 saturated carbocycles. The van der Waals surface area contributed by atoms with Crippen molar-refractivity contribution in [3.05, 3.63) is 28.4 Å². The molecular weight excluding hydrogens is 402 g/mol. The molecule has 0 atom stereocenters. The minimum atomic E-state index is -0.478. The molecule has 1 amide bonds. The molecule has 1 aromatic carbocycles. The molecular formula is C18H23BrN3O4+. The Morgan fingerprint density at radius 1 is 1.35 bits per heavy atom. The van der Waals surface area contributed by atoms with Crippen LogP contribution < -0.4 is 10.2 Å². The van der Waals surface area contributed by atoms with Gasteiger partial charge < -0.3 is 24.7 Å². The fourth-order valence-corrected chi connectivity index (χ4v) is 3.41. The third-order valence-corrected chi connectivity index (χ3v) is 4.90. The van der Waals surface area contributed by atoms with E-state index < -0.39 is 5.97 Å². The van der Waals surface area contributed by atoms with Gasteiger partial charge in [-0.05, 0) is 25.1 Å². The lowest BCUT2D eigenvalue weighted by Gasteiger charge is -2.23. The summed E-state index contributed by atoms with van der Waals surface area (Å²) in [6.07, 6.45) is 0.387. The topological polar surface area (TPSA) is 84.9 Å². The van der Waals surface area contributed by atoms with Crippen LogP contribution in [0.5, 0.6) is 0 Å². The first kappa shape index (κ1) is 18.9. The van der Waals surface area contributed by atoms with Gasteiger partial charge in [0.15, 0.2) is 0 Å². The van der Waals surface area contributed by atoms with Crippen LogP contribution >= 0.6 is 15.9 Å². The molecule has 1 aliphatic heterocycles. The van der Waals surface area contributed by atoms with Gasteiger partial charge in [0, 0.05) is 15.4 Å². The summed E-state index contributed by atoms with van der Waals surface area (Å²) < 4.78 is 11.3. The van der Waals surface area contributed by atoms with E-state index in [2.05, 4.69) is 26.2 Å². The van der Waals surface area contributed by atoms with E-state index in [1.807, 2.05) is 18.2 Å². The van der Waals surface area contributed by atoms with Gasteiger partial charge in [-0.25, -0.2) is 4.79 Å². The van der Waals surface area contributed by atoms with Crippen LogP contribution in [0.1, 0.15) is 23.8 Å². The molecule has 0 unspecified atom stereocenters. The zero-order valence-electron chi connectivity index (χ0n) is 14.7. The Bertz CT molecular complexity index is 799. The second kappa shape index (κ2) is 8.66. The van der Waals surface area contributed by atoms with Gasteiger partial charge in [-0.3, -0.25) is 4.79 Å². The van der Waals surface area contributed by atoms with Crippen LogP contribution in [0.15, 0.2) is 22.7 Å². The van der Waals surface area contributed by atoms with Crippen molar-refractivity contribution in [1.29, 1.82) is 0 Å². The molecule has 3 rings (SSSR count). The summed E-state index contributed by atoms with van der Waals surface area (Å²) in [6.45, 7) is 6.08.